The molecule has 2 aromatic rings. The number of carbonyl (C=O) groups excluding carboxylic acids is 1. The third-order valence-electron chi connectivity index (χ3n) is 3.68. The van der Waals surface area contributed by atoms with Crippen LogP contribution in [-0.2, 0) is 4.79 Å². The summed E-state index contributed by atoms with van der Waals surface area (Å²) in [6.07, 6.45) is 0.308. The summed E-state index contributed by atoms with van der Waals surface area (Å²) in [4.78, 5) is 24.2. The van der Waals surface area contributed by atoms with E-state index < -0.39 is 0 Å². The Morgan fingerprint density at radius 1 is 1.20 bits per heavy atom. The van der Waals surface area contributed by atoms with Crippen LogP contribution in [0.3, 0.4) is 0 Å². The van der Waals surface area contributed by atoms with Gasteiger partial charge in [-0.25, -0.2) is 0 Å². The number of benzene rings is 1. The second kappa shape index (κ2) is 4.67. The minimum Gasteiger partial charge on any atom is -0.311 e. The number of fused-ring (bicyclic) bond motifs is 1. The van der Waals surface area contributed by atoms with Gasteiger partial charge in [0.1, 0.15) is 5.82 Å². The zero-order chi connectivity index (χ0) is 14.3. The molecule has 20 heavy (non-hydrogen) atoms. The molecule has 0 aliphatic carbocycles. The van der Waals surface area contributed by atoms with Crippen LogP contribution in [0.15, 0.2) is 35.1 Å². The predicted molar refractivity (Wildman–Crippen MR) is 77.0 cm³/mol. The first-order valence-electron chi connectivity index (χ1n) is 6.77. The van der Waals surface area contributed by atoms with Crippen molar-refractivity contribution in [2.45, 2.75) is 32.2 Å². The van der Waals surface area contributed by atoms with Gasteiger partial charge in [-0.3, -0.25) is 19.4 Å². The van der Waals surface area contributed by atoms with E-state index in [-0.39, 0.29) is 23.4 Å². The minimum absolute atomic E-state index is 0.0558. The summed E-state index contributed by atoms with van der Waals surface area (Å²) < 4.78 is 1.73. The molecule has 0 spiro atoms. The van der Waals surface area contributed by atoms with Crippen molar-refractivity contribution in [3.63, 3.8) is 0 Å². The number of carbonyl (C=O) groups is 1. The maximum Gasteiger partial charge on any atom is 0.270 e. The fraction of sp³-hybridized carbons (Fsp3) is 0.333. The molecule has 2 N–H and O–H groups in total. The molecule has 104 valence electrons. The Labute approximate surface area is 116 Å². The molecule has 5 nitrogen and oxygen atoms in total. The Morgan fingerprint density at radius 2 is 1.90 bits per heavy atom. The molecule has 0 saturated heterocycles. The van der Waals surface area contributed by atoms with Gasteiger partial charge in [0.05, 0.1) is 5.56 Å². The van der Waals surface area contributed by atoms with Gasteiger partial charge in [0.25, 0.3) is 5.56 Å². The molecule has 0 saturated carbocycles. The van der Waals surface area contributed by atoms with Gasteiger partial charge < -0.3 is 5.32 Å². The molecule has 0 radical (unpaired) electrons. The van der Waals surface area contributed by atoms with E-state index in [0.717, 1.165) is 5.56 Å². The summed E-state index contributed by atoms with van der Waals surface area (Å²) in [5.41, 5.74) is 1.53. The normalized spacial score (nSPS) is 17.9. The van der Waals surface area contributed by atoms with Crippen molar-refractivity contribution < 1.29 is 4.79 Å². The summed E-state index contributed by atoms with van der Waals surface area (Å²) >= 11 is 0. The Balaban J connectivity index is 2.18. The Morgan fingerprint density at radius 3 is 2.55 bits per heavy atom. The van der Waals surface area contributed by atoms with Crippen LogP contribution in [0.2, 0.25) is 0 Å². The lowest BCUT2D eigenvalue weighted by atomic mass is 9.87. The molecule has 1 atom stereocenters. The van der Waals surface area contributed by atoms with Gasteiger partial charge in [-0.05, 0) is 19.4 Å². The molecule has 1 aromatic carbocycles. The summed E-state index contributed by atoms with van der Waals surface area (Å²) in [5, 5.41) is 5.64. The molecule has 3 rings (SSSR count). The second-order valence-corrected chi connectivity index (χ2v) is 5.38. The second-order valence-electron chi connectivity index (χ2n) is 5.38. The highest BCUT2D eigenvalue weighted by molar-refractivity contribution is 5.94. The lowest BCUT2D eigenvalue weighted by molar-refractivity contribution is -0.116. The number of hydrogen-bond donors (Lipinski definition) is 2. The highest BCUT2D eigenvalue weighted by Crippen LogP contribution is 2.35. The highest BCUT2D eigenvalue weighted by Gasteiger charge is 2.32. The highest BCUT2D eigenvalue weighted by atomic mass is 16.2. The molecule has 2 heterocycles. The summed E-state index contributed by atoms with van der Waals surface area (Å²) in [5.74, 6) is 0.374. The van der Waals surface area contributed by atoms with E-state index in [2.05, 4.69) is 10.4 Å². The zero-order valence-electron chi connectivity index (χ0n) is 11.5. The number of hydrogen-bond acceptors (Lipinski definition) is 2. The van der Waals surface area contributed by atoms with Gasteiger partial charge in [-0.1, -0.05) is 30.3 Å². The van der Waals surface area contributed by atoms with E-state index in [9.17, 15) is 9.59 Å². The fourth-order valence-corrected chi connectivity index (χ4v) is 2.74. The van der Waals surface area contributed by atoms with E-state index in [1.807, 2.05) is 44.2 Å². The molecule has 1 aliphatic heterocycles. The molecule has 0 fully saturated rings. The van der Waals surface area contributed by atoms with Gasteiger partial charge in [-0.15, -0.1) is 0 Å². The molecular weight excluding hydrogens is 254 g/mol. The lowest BCUT2D eigenvalue weighted by Crippen LogP contribution is -2.27. The summed E-state index contributed by atoms with van der Waals surface area (Å²) in [7, 11) is 0. The standard InChI is InChI=1S/C15H17N3O2/c1-9(2)18-14-13(15(20)17-18)11(8-12(19)16-14)10-6-4-3-5-7-10/h3-7,9,11H,8H2,1-2H3,(H,16,19)(H,17,20)/t11-/m0/s1. The smallest absolute Gasteiger partial charge is 0.270 e. The largest absolute Gasteiger partial charge is 0.311 e. The number of H-pyrrole nitrogens is 1. The first-order valence-corrected chi connectivity index (χ1v) is 6.77. The van der Waals surface area contributed by atoms with Crippen LogP contribution in [0.4, 0.5) is 5.82 Å². The van der Waals surface area contributed by atoms with Gasteiger partial charge in [0.15, 0.2) is 0 Å². The van der Waals surface area contributed by atoms with E-state index in [1.54, 1.807) is 4.68 Å². The molecule has 1 amide bonds. The molecule has 0 bridgehead atoms. The van der Waals surface area contributed by atoms with Gasteiger partial charge in [0, 0.05) is 18.4 Å². The minimum atomic E-state index is -0.177. The van der Waals surface area contributed by atoms with Crippen molar-refractivity contribution in [1.82, 2.24) is 9.78 Å². The average molecular weight is 271 g/mol. The number of aromatic nitrogens is 2. The number of amides is 1. The first-order chi connectivity index (χ1) is 9.58. The number of nitrogens with one attached hydrogen (secondary N) is 2. The Kier molecular flexibility index (Phi) is 2.97. The number of rotatable bonds is 2. The SMILES string of the molecule is CC(C)n1[nH]c(=O)c2c1NC(=O)C[C@H]2c1ccccc1. The van der Waals surface area contributed by atoms with Gasteiger partial charge in [0.2, 0.25) is 5.91 Å². The van der Waals surface area contributed by atoms with Gasteiger partial charge >= 0.3 is 0 Å². The maximum atomic E-state index is 12.3. The lowest BCUT2D eigenvalue weighted by Gasteiger charge is -2.24. The predicted octanol–water partition coefficient (Wildman–Crippen LogP) is 2.23. The third-order valence-corrected chi connectivity index (χ3v) is 3.68. The fourth-order valence-electron chi connectivity index (χ4n) is 2.74. The molecule has 5 heteroatoms. The van der Waals surface area contributed by atoms with E-state index in [0.29, 0.717) is 17.8 Å². The number of aromatic amines is 1. The van der Waals surface area contributed by atoms with Crippen LogP contribution >= 0.6 is 0 Å². The monoisotopic (exact) mass is 271 g/mol. The molecule has 1 aliphatic rings. The first kappa shape index (κ1) is 12.7. The van der Waals surface area contributed by atoms with E-state index in [1.165, 1.54) is 0 Å². The average Bonchev–Trinajstić information content (AvgIpc) is 2.76. The van der Waals surface area contributed by atoms with Crippen molar-refractivity contribution in [2.75, 3.05) is 5.32 Å². The number of anilines is 1. The Hall–Kier alpha value is -2.30. The topological polar surface area (TPSA) is 66.9 Å². The number of nitrogens with zero attached hydrogens (tertiary/aromatic N) is 1. The zero-order valence-corrected chi connectivity index (χ0v) is 11.5. The van der Waals surface area contributed by atoms with Crippen molar-refractivity contribution in [1.29, 1.82) is 0 Å². The molecule has 1 aromatic heterocycles. The Bertz CT molecular complexity index is 698. The summed E-state index contributed by atoms with van der Waals surface area (Å²) in [6, 6.07) is 9.78. The van der Waals surface area contributed by atoms with Crippen LogP contribution < -0.4 is 10.9 Å². The van der Waals surface area contributed by atoms with E-state index >= 15 is 0 Å². The van der Waals surface area contributed by atoms with Crippen molar-refractivity contribution in [2.24, 2.45) is 0 Å². The molecule has 0 unspecified atom stereocenters. The third kappa shape index (κ3) is 1.95. The quantitative estimate of drug-likeness (QED) is 0.879. The maximum absolute atomic E-state index is 12.3. The van der Waals surface area contributed by atoms with Crippen LogP contribution in [0.25, 0.3) is 0 Å². The van der Waals surface area contributed by atoms with Crippen LogP contribution in [-0.4, -0.2) is 15.7 Å². The van der Waals surface area contributed by atoms with Crippen LogP contribution in [0.5, 0.6) is 0 Å². The van der Waals surface area contributed by atoms with Crippen molar-refractivity contribution >= 4 is 11.7 Å². The summed E-state index contributed by atoms with van der Waals surface area (Å²) in [6.45, 7) is 3.93. The van der Waals surface area contributed by atoms with Gasteiger partial charge in [-0.2, -0.15) is 0 Å². The van der Waals surface area contributed by atoms with Crippen LogP contribution in [0, 0.1) is 0 Å². The molecular formula is C15H17N3O2. The van der Waals surface area contributed by atoms with Crippen LogP contribution in [0.1, 0.15) is 43.4 Å². The van der Waals surface area contributed by atoms with Crippen molar-refractivity contribution in [3.05, 3.63) is 51.8 Å². The van der Waals surface area contributed by atoms with E-state index in [4.69, 9.17) is 0 Å². The van der Waals surface area contributed by atoms with Crippen molar-refractivity contribution in [3.8, 4) is 0 Å².